The standard InChI is InChI=1S/C29H40N6O6/c1-4-5-13-26(36)34(27(21(2)3)29(37)40-18-9-6-10-19-41-35(38)39)20-22-14-16-23(17-15-22)24-11-7-8-12-25(24)28-30-32-33-31-28/h7-8,11-12,14-17,21,27,38-39H,4-6,9-10,13,18-20H2,1-3H3,(H,30,31,32,33)/t27-/m0/s1. The number of unbranched alkanes of at least 4 members (excludes halogenated alkanes) is 3. The van der Waals surface area contributed by atoms with Crippen molar-refractivity contribution >= 4 is 11.9 Å². The molecule has 1 heterocycles. The Hall–Kier alpha value is -3.71. The van der Waals surface area contributed by atoms with Crippen molar-refractivity contribution in [3.63, 3.8) is 0 Å². The van der Waals surface area contributed by atoms with Gasteiger partial charge in [0.2, 0.25) is 11.7 Å². The maximum Gasteiger partial charge on any atom is 0.329 e. The molecule has 0 radical (unpaired) electrons. The third-order valence-corrected chi connectivity index (χ3v) is 6.64. The zero-order valence-corrected chi connectivity index (χ0v) is 23.9. The predicted molar refractivity (Wildman–Crippen MR) is 150 cm³/mol. The summed E-state index contributed by atoms with van der Waals surface area (Å²) in [5.41, 5.74) is 3.67. The minimum Gasteiger partial charge on any atom is -0.464 e. The van der Waals surface area contributed by atoms with Gasteiger partial charge in [0.15, 0.2) is 0 Å². The molecule has 1 aromatic heterocycles. The molecule has 3 N–H and O–H groups in total. The van der Waals surface area contributed by atoms with E-state index in [0.717, 1.165) is 35.1 Å². The van der Waals surface area contributed by atoms with Gasteiger partial charge in [-0.2, -0.15) is 5.21 Å². The number of nitrogens with one attached hydrogen (secondary N) is 1. The average molecular weight is 569 g/mol. The van der Waals surface area contributed by atoms with Crippen LogP contribution in [0.25, 0.3) is 22.5 Å². The molecule has 0 unspecified atom stereocenters. The van der Waals surface area contributed by atoms with Crippen LogP contribution in [0.3, 0.4) is 0 Å². The number of benzene rings is 2. The molecule has 0 saturated carbocycles. The number of nitrogens with zero attached hydrogens (tertiary/aromatic N) is 5. The normalized spacial score (nSPS) is 12.1. The SMILES string of the molecule is CCCCC(=O)N(Cc1ccc(-c2ccccc2-c2nn[nH]n2)cc1)[C@H](C(=O)OCCCCCON(O)O)C(C)C. The summed E-state index contributed by atoms with van der Waals surface area (Å²) in [4.78, 5) is 32.8. The fraction of sp³-hybridized carbons (Fsp3) is 0.483. The molecular formula is C29H40N6O6. The number of esters is 1. The summed E-state index contributed by atoms with van der Waals surface area (Å²) in [7, 11) is 0. The number of H-pyrrole nitrogens is 1. The van der Waals surface area contributed by atoms with Crippen LogP contribution in [0, 0.1) is 5.92 Å². The van der Waals surface area contributed by atoms with E-state index in [-0.39, 0.29) is 37.0 Å². The number of tetrazole rings is 1. The van der Waals surface area contributed by atoms with Gasteiger partial charge in [-0.3, -0.25) is 20.0 Å². The zero-order valence-electron chi connectivity index (χ0n) is 23.9. The van der Waals surface area contributed by atoms with Gasteiger partial charge in [0.05, 0.1) is 18.6 Å². The molecule has 1 amide bonds. The lowest BCUT2D eigenvalue weighted by Gasteiger charge is -2.33. The van der Waals surface area contributed by atoms with E-state index in [1.54, 1.807) is 4.90 Å². The van der Waals surface area contributed by atoms with E-state index in [4.69, 9.17) is 15.2 Å². The lowest BCUT2D eigenvalue weighted by atomic mass is 9.97. The van der Waals surface area contributed by atoms with Gasteiger partial charge in [0, 0.05) is 18.5 Å². The van der Waals surface area contributed by atoms with Crippen LogP contribution in [0.5, 0.6) is 0 Å². The fourth-order valence-corrected chi connectivity index (χ4v) is 4.55. The van der Waals surface area contributed by atoms with Crippen molar-refractivity contribution in [2.45, 2.75) is 71.9 Å². The van der Waals surface area contributed by atoms with Crippen LogP contribution in [0.2, 0.25) is 0 Å². The summed E-state index contributed by atoms with van der Waals surface area (Å²) in [6, 6.07) is 15.0. The van der Waals surface area contributed by atoms with Gasteiger partial charge in [-0.1, -0.05) is 75.7 Å². The van der Waals surface area contributed by atoms with Crippen LogP contribution < -0.4 is 0 Å². The number of hydrogen-bond acceptors (Lipinski definition) is 10. The minimum atomic E-state index is -0.723. The quantitative estimate of drug-likeness (QED) is 0.117. The Balaban J connectivity index is 1.72. The number of carbonyl (C=O) groups is 2. The highest BCUT2D eigenvalue weighted by atomic mass is 17.1. The first-order valence-electron chi connectivity index (χ1n) is 14.0. The van der Waals surface area contributed by atoms with E-state index < -0.39 is 12.0 Å². The molecule has 12 nitrogen and oxygen atoms in total. The highest BCUT2D eigenvalue weighted by Crippen LogP contribution is 2.30. The molecule has 0 fully saturated rings. The van der Waals surface area contributed by atoms with E-state index >= 15 is 0 Å². The second kappa shape index (κ2) is 16.5. The van der Waals surface area contributed by atoms with Crippen molar-refractivity contribution < 1.29 is 29.6 Å². The number of aromatic nitrogens is 4. The van der Waals surface area contributed by atoms with Gasteiger partial charge in [-0.05, 0) is 53.5 Å². The van der Waals surface area contributed by atoms with E-state index in [1.165, 1.54) is 0 Å². The van der Waals surface area contributed by atoms with Crippen molar-refractivity contribution in [1.29, 1.82) is 0 Å². The maximum absolute atomic E-state index is 13.4. The molecule has 2 aromatic carbocycles. The van der Waals surface area contributed by atoms with Gasteiger partial charge in [-0.25, -0.2) is 4.79 Å². The molecule has 0 aliphatic rings. The van der Waals surface area contributed by atoms with Crippen molar-refractivity contribution in [1.82, 2.24) is 30.9 Å². The molecule has 3 aromatic rings. The molecule has 0 saturated heterocycles. The van der Waals surface area contributed by atoms with E-state index in [2.05, 4.69) is 25.5 Å². The van der Waals surface area contributed by atoms with Crippen molar-refractivity contribution in [3.8, 4) is 22.5 Å². The van der Waals surface area contributed by atoms with Crippen molar-refractivity contribution in [2.75, 3.05) is 13.2 Å². The number of ether oxygens (including phenoxy) is 1. The first kappa shape index (κ1) is 31.8. The monoisotopic (exact) mass is 568 g/mol. The van der Waals surface area contributed by atoms with Gasteiger partial charge in [0.25, 0.3) is 0 Å². The Morgan fingerprint density at radius 2 is 1.66 bits per heavy atom. The summed E-state index contributed by atoms with van der Waals surface area (Å²) in [6.07, 6.45) is 3.80. The summed E-state index contributed by atoms with van der Waals surface area (Å²) < 4.78 is 5.59. The molecule has 1 atom stereocenters. The van der Waals surface area contributed by atoms with Crippen LogP contribution in [0.1, 0.15) is 64.9 Å². The number of carbonyl (C=O) groups excluding carboxylic acids is 2. The highest BCUT2D eigenvalue weighted by molar-refractivity contribution is 5.85. The average Bonchev–Trinajstić information content (AvgIpc) is 3.50. The molecule has 3 rings (SSSR count). The number of hydrogen-bond donors (Lipinski definition) is 3. The summed E-state index contributed by atoms with van der Waals surface area (Å²) in [6.45, 7) is 6.48. The minimum absolute atomic E-state index is 0.0799. The Morgan fingerprint density at radius 3 is 2.29 bits per heavy atom. The van der Waals surface area contributed by atoms with Crippen molar-refractivity contribution in [3.05, 3.63) is 54.1 Å². The van der Waals surface area contributed by atoms with Crippen molar-refractivity contribution in [2.24, 2.45) is 5.92 Å². The summed E-state index contributed by atoms with van der Waals surface area (Å²) >= 11 is 0. The molecule has 222 valence electrons. The first-order chi connectivity index (χ1) is 19.8. The van der Waals surface area contributed by atoms with Crippen LogP contribution in [0.15, 0.2) is 48.5 Å². The third-order valence-electron chi connectivity index (χ3n) is 6.64. The van der Waals surface area contributed by atoms with E-state index in [9.17, 15) is 9.59 Å². The number of aromatic amines is 1. The molecule has 0 bridgehead atoms. The summed E-state index contributed by atoms with van der Waals surface area (Å²) in [5, 5.41) is 31.2. The Kier molecular flexibility index (Phi) is 12.8. The van der Waals surface area contributed by atoms with Crippen LogP contribution in [-0.2, 0) is 25.7 Å². The highest BCUT2D eigenvalue weighted by Gasteiger charge is 2.33. The predicted octanol–water partition coefficient (Wildman–Crippen LogP) is 4.80. The van der Waals surface area contributed by atoms with Crippen LogP contribution in [0.4, 0.5) is 0 Å². The molecule has 12 heteroatoms. The van der Waals surface area contributed by atoms with Gasteiger partial charge < -0.3 is 9.64 Å². The van der Waals surface area contributed by atoms with Crippen LogP contribution >= 0.6 is 0 Å². The molecule has 0 aliphatic heterocycles. The molecule has 41 heavy (non-hydrogen) atoms. The molecular weight excluding hydrogens is 528 g/mol. The van der Waals surface area contributed by atoms with Crippen LogP contribution in [-0.4, -0.2) is 72.5 Å². The van der Waals surface area contributed by atoms with E-state index in [1.807, 2.05) is 69.3 Å². The Labute approximate surface area is 240 Å². The maximum atomic E-state index is 13.4. The molecule has 0 spiro atoms. The smallest absolute Gasteiger partial charge is 0.329 e. The van der Waals surface area contributed by atoms with Gasteiger partial charge in [0.1, 0.15) is 6.04 Å². The van der Waals surface area contributed by atoms with E-state index in [0.29, 0.717) is 31.5 Å². The third kappa shape index (κ3) is 9.71. The van der Waals surface area contributed by atoms with Gasteiger partial charge in [-0.15, -0.1) is 10.2 Å². The lowest BCUT2D eigenvalue weighted by molar-refractivity contribution is -0.492. The largest absolute Gasteiger partial charge is 0.464 e. The number of rotatable bonds is 17. The summed E-state index contributed by atoms with van der Waals surface area (Å²) in [5.74, 6) is -0.152. The second-order valence-electron chi connectivity index (χ2n) is 10.1. The second-order valence-corrected chi connectivity index (χ2v) is 10.1. The molecule has 0 aliphatic carbocycles. The topological polar surface area (TPSA) is 154 Å². The number of amides is 1. The van der Waals surface area contributed by atoms with Gasteiger partial charge >= 0.3 is 5.97 Å². The zero-order chi connectivity index (χ0) is 29.6. The fourth-order valence-electron chi connectivity index (χ4n) is 4.55. The first-order valence-corrected chi connectivity index (χ1v) is 14.0. The lowest BCUT2D eigenvalue weighted by Crippen LogP contribution is -2.48. The Morgan fingerprint density at radius 1 is 0.951 bits per heavy atom. The Bertz CT molecular complexity index is 1200.